The van der Waals surface area contributed by atoms with Crippen molar-refractivity contribution in [3.8, 4) is 0 Å². The van der Waals surface area contributed by atoms with Gasteiger partial charge in [-0.3, -0.25) is 9.78 Å². The molecule has 1 N–H and O–H groups in total. The van der Waals surface area contributed by atoms with E-state index in [2.05, 4.69) is 4.98 Å². The summed E-state index contributed by atoms with van der Waals surface area (Å²) < 4.78 is 0. The maximum absolute atomic E-state index is 10.5. The number of aliphatic hydroxyl groups is 1. The maximum atomic E-state index is 10.5. The van der Waals surface area contributed by atoms with Crippen LogP contribution in [0.2, 0.25) is 0 Å². The number of aldehydes is 1. The van der Waals surface area contributed by atoms with Crippen molar-refractivity contribution in [2.45, 2.75) is 6.10 Å². The van der Waals surface area contributed by atoms with Gasteiger partial charge in [0.15, 0.2) is 0 Å². The fourth-order valence-corrected chi connectivity index (χ4v) is 1.50. The Kier molecular flexibility index (Phi) is 3.08. The molecule has 0 spiro atoms. The number of carbonyl (C=O) groups excluding carboxylic acids is 1. The molecule has 1 aromatic carbocycles. The molecule has 0 fully saturated rings. The van der Waals surface area contributed by atoms with Gasteiger partial charge in [0.05, 0.1) is 0 Å². The van der Waals surface area contributed by atoms with Crippen molar-refractivity contribution in [1.29, 1.82) is 0 Å². The lowest BCUT2D eigenvalue weighted by atomic mass is 10.0. The van der Waals surface area contributed by atoms with E-state index < -0.39 is 6.10 Å². The molecule has 0 aliphatic rings. The number of hydrogen-bond acceptors (Lipinski definition) is 3. The van der Waals surface area contributed by atoms with Gasteiger partial charge in [0.25, 0.3) is 0 Å². The number of benzene rings is 1. The minimum atomic E-state index is -0.677. The Morgan fingerprint density at radius 1 is 1.00 bits per heavy atom. The van der Waals surface area contributed by atoms with E-state index in [9.17, 15) is 9.90 Å². The molecule has 3 nitrogen and oxygen atoms in total. The molecule has 0 aliphatic carbocycles. The fourth-order valence-electron chi connectivity index (χ4n) is 1.50. The molecule has 1 unspecified atom stereocenters. The van der Waals surface area contributed by atoms with Crippen LogP contribution in [0.15, 0.2) is 48.8 Å². The number of hydrogen-bond donors (Lipinski definition) is 1. The van der Waals surface area contributed by atoms with E-state index in [0.29, 0.717) is 5.56 Å². The summed E-state index contributed by atoms with van der Waals surface area (Å²) in [5, 5.41) is 10.0. The van der Waals surface area contributed by atoms with Gasteiger partial charge in [-0.2, -0.15) is 0 Å². The topological polar surface area (TPSA) is 50.2 Å². The summed E-state index contributed by atoms with van der Waals surface area (Å²) in [7, 11) is 0. The second-order valence-corrected chi connectivity index (χ2v) is 3.47. The summed E-state index contributed by atoms with van der Waals surface area (Å²) in [4.78, 5) is 14.4. The van der Waals surface area contributed by atoms with E-state index in [0.717, 1.165) is 17.4 Å². The molecule has 0 saturated carbocycles. The summed E-state index contributed by atoms with van der Waals surface area (Å²) in [6.45, 7) is 0. The Hall–Kier alpha value is -2.00. The summed E-state index contributed by atoms with van der Waals surface area (Å²) in [5.41, 5.74) is 2.15. The lowest BCUT2D eigenvalue weighted by molar-refractivity contribution is 0.112. The molecule has 1 aromatic heterocycles. The molecule has 1 heterocycles. The molecule has 80 valence electrons. The third-order valence-corrected chi connectivity index (χ3v) is 2.41. The van der Waals surface area contributed by atoms with E-state index >= 15 is 0 Å². The smallest absolute Gasteiger partial charge is 0.150 e. The monoisotopic (exact) mass is 213 g/mol. The first-order valence-corrected chi connectivity index (χ1v) is 4.94. The van der Waals surface area contributed by atoms with Gasteiger partial charge >= 0.3 is 0 Å². The number of rotatable bonds is 3. The Bertz CT molecular complexity index is 465. The van der Waals surface area contributed by atoms with Crippen LogP contribution in [0.5, 0.6) is 0 Å². The van der Waals surface area contributed by atoms with Crippen LogP contribution in [0.25, 0.3) is 0 Å². The zero-order valence-corrected chi connectivity index (χ0v) is 8.58. The van der Waals surface area contributed by atoms with Gasteiger partial charge in [-0.15, -0.1) is 0 Å². The van der Waals surface area contributed by atoms with Crippen molar-refractivity contribution >= 4 is 6.29 Å². The van der Waals surface area contributed by atoms with E-state index in [1.807, 2.05) is 0 Å². The highest BCUT2D eigenvalue weighted by Gasteiger charge is 2.09. The first kappa shape index (κ1) is 10.5. The molecule has 2 rings (SSSR count). The van der Waals surface area contributed by atoms with Crippen LogP contribution < -0.4 is 0 Å². The fraction of sp³-hybridized carbons (Fsp3) is 0.0769. The lowest BCUT2D eigenvalue weighted by Gasteiger charge is -2.10. The summed E-state index contributed by atoms with van der Waals surface area (Å²) in [6.07, 6.45) is 3.38. The standard InChI is InChI=1S/C13H11NO2/c15-9-10-1-3-11(4-2-10)13(16)12-5-7-14-8-6-12/h1-9,13,16H. The predicted octanol–water partition coefficient (Wildman–Crippen LogP) is 1.98. The minimum Gasteiger partial charge on any atom is -0.384 e. The molecule has 16 heavy (non-hydrogen) atoms. The SMILES string of the molecule is O=Cc1ccc(C(O)c2ccncc2)cc1. The van der Waals surface area contributed by atoms with Crippen molar-refractivity contribution in [3.05, 3.63) is 65.5 Å². The molecular weight excluding hydrogens is 202 g/mol. The number of aliphatic hydroxyl groups excluding tert-OH is 1. The summed E-state index contributed by atoms with van der Waals surface area (Å²) >= 11 is 0. The predicted molar refractivity (Wildman–Crippen MR) is 60.1 cm³/mol. The van der Waals surface area contributed by atoms with Crippen molar-refractivity contribution in [2.75, 3.05) is 0 Å². The normalized spacial score (nSPS) is 12.1. The van der Waals surface area contributed by atoms with Crippen molar-refractivity contribution in [3.63, 3.8) is 0 Å². The van der Waals surface area contributed by atoms with Crippen LogP contribution in [-0.2, 0) is 0 Å². The van der Waals surface area contributed by atoms with Crippen molar-refractivity contribution in [1.82, 2.24) is 4.98 Å². The highest BCUT2D eigenvalue weighted by molar-refractivity contribution is 5.74. The average Bonchev–Trinajstić information content (AvgIpc) is 2.39. The van der Waals surface area contributed by atoms with Crippen molar-refractivity contribution < 1.29 is 9.90 Å². The first-order valence-electron chi connectivity index (χ1n) is 4.94. The van der Waals surface area contributed by atoms with Crippen LogP contribution in [-0.4, -0.2) is 16.4 Å². The van der Waals surface area contributed by atoms with Crippen LogP contribution in [0.3, 0.4) is 0 Å². The summed E-state index contributed by atoms with van der Waals surface area (Å²) in [5.74, 6) is 0. The Labute approximate surface area is 93.4 Å². The van der Waals surface area contributed by atoms with Crippen LogP contribution in [0, 0.1) is 0 Å². The zero-order chi connectivity index (χ0) is 11.4. The lowest BCUT2D eigenvalue weighted by Crippen LogP contribution is -1.99. The van der Waals surface area contributed by atoms with Gasteiger partial charge in [-0.25, -0.2) is 0 Å². The highest BCUT2D eigenvalue weighted by atomic mass is 16.3. The van der Waals surface area contributed by atoms with Crippen LogP contribution in [0.4, 0.5) is 0 Å². The summed E-state index contributed by atoms with van der Waals surface area (Å²) in [6, 6.07) is 10.4. The highest BCUT2D eigenvalue weighted by Crippen LogP contribution is 2.20. The molecule has 0 radical (unpaired) electrons. The van der Waals surface area contributed by atoms with E-state index in [1.54, 1.807) is 48.8 Å². The quantitative estimate of drug-likeness (QED) is 0.793. The minimum absolute atomic E-state index is 0.602. The third kappa shape index (κ3) is 2.15. The van der Waals surface area contributed by atoms with Crippen molar-refractivity contribution in [2.24, 2.45) is 0 Å². The van der Waals surface area contributed by atoms with Crippen LogP contribution in [0.1, 0.15) is 27.6 Å². The molecule has 0 bridgehead atoms. The molecule has 0 aliphatic heterocycles. The van der Waals surface area contributed by atoms with Gasteiger partial charge in [-0.1, -0.05) is 24.3 Å². The number of pyridine rings is 1. The van der Waals surface area contributed by atoms with Gasteiger partial charge in [0, 0.05) is 18.0 Å². The van der Waals surface area contributed by atoms with Crippen LogP contribution >= 0.6 is 0 Å². The van der Waals surface area contributed by atoms with Gasteiger partial charge in [-0.05, 0) is 23.3 Å². The van der Waals surface area contributed by atoms with Gasteiger partial charge < -0.3 is 5.11 Å². The van der Waals surface area contributed by atoms with Gasteiger partial charge in [0.1, 0.15) is 12.4 Å². The maximum Gasteiger partial charge on any atom is 0.150 e. The zero-order valence-electron chi connectivity index (χ0n) is 8.58. The average molecular weight is 213 g/mol. The molecule has 1 atom stereocenters. The molecular formula is C13H11NO2. The first-order chi connectivity index (χ1) is 7.81. The Morgan fingerprint density at radius 3 is 2.12 bits per heavy atom. The number of nitrogens with zero attached hydrogens (tertiary/aromatic N) is 1. The number of aromatic nitrogens is 1. The Morgan fingerprint density at radius 2 is 1.56 bits per heavy atom. The molecule has 0 amide bonds. The molecule has 2 aromatic rings. The third-order valence-electron chi connectivity index (χ3n) is 2.41. The largest absolute Gasteiger partial charge is 0.384 e. The van der Waals surface area contributed by atoms with E-state index in [-0.39, 0.29) is 0 Å². The van der Waals surface area contributed by atoms with E-state index in [4.69, 9.17) is 0 Å². The van der Waals surface area contributed by atoms with Gasteiger partial charge in [0.2, 0.25) is 0 Å². The second kappa shape index (κ2) is 4.68. The second-order valence-electron chi connectivity index (χ2n) is 3.47. The molecule has 3 heteroatoms. The van der Waals surface area contributed by atoms with E-state index in [1.165, 1.54) is 0 Å². The number of carbonyl (C=O) groups is 1. The Balaban J connectivity index is 2.27. The molecule has 0 saturated heterocycles.